The van der Waals surface area contributed by atoms with E-state index in [2.05, 4.69) is 26.0 Å². The second-order valence-electron chi connectivity index (χ2n) is 4.22. The normalized spacial score (nSPS) is 10.9. The van der Waals surface area contributed by atoms with E-state index in [9.17, 15) is 0 Å². The molecule has 3 heteroatoms. The van der Waals surface area contributed by atoms with Crippen LogP contribution >= 0.6 is 0 Å². The van der Waals surface area contributed by atoms with E-state index in [1.165, 1.54) is 11.1 Å². The Hall–Kier alpha value is -1.06. The molecule has 0 N–H and O–H groups in total. The Kier molecular flexibility index (Phi) is 6.76. The second-order valence-corrected chi connectivity index (χ2v) is 4.22. The van der Waals surface area contributed by atoms with E-state index in [4.69, 9.17) is 14.2 Å². The Morgan fingerprint density at radius 3 is 2.22 bits per heavy atom. The highest BCUT2D eigenvalue weighted by Crippen LogP contribution is 2.16. The minimum atomic E-state index is -0.161. The predicted octanol–water partition coefficient (Wildman–Crippen LogP) is 3.47. The maximum absolute atomic E-state index is 5.70. The maximum atomic E-state index is 5.70. The molecule has 0 heterocycles. The van der Waals surface area contributed by atoms with Crippen molar-refractivity contribution < 1.29 is 14.2 Å². The quantitative estimate of drug-likeness (QED) is 0.663. The van der Waals surface area contributed by atoms with Crippen molar-refractivity contribution in [3.63, 3.8) is 0 Å². The van der Waals surface area contributed by atoms with Crippen LogP contribution in [0.1, 0.15) is 31.4 Å². The first-order valence-electron chi connectivity index (χ1n) is 6.60. The molecule has 102 valence electrons. The molecule has 0 bridgehead atoms. The molecule has 0 aliphatic rings. The van der Waals surface area contributed by atoms with Gasteiger partial charge in [0.15, 0.2) is 6.29 Å². The topological polar surface area (TPSA) is 27.7 Å². The molecule has 1 rings (SSSR count). The van der Waals surface area contributed by atoms with E-state index in [0.717, 1.165) is 12.2 Å². The highest BCUT2D eigenvalue weighted by molar-refractivity contribution is 5.33. The van der Waals surface area contributed by atoms with Gasteiger partial charge in [0.25, 0.3) is 0 Å². The summed E-state index contributed by atoms with van der Waals surface area (Å²) in [4.78, 5) is 0. The van der Waals surface area contributed by atoms with Crippen LogP contribution in [-0.2, 0) is 9.47 Å². The summed E-state index contributed by atoms with van der Waals surface area (Å²) < 4.78 is 16.6. The summed E-state index contributed by atoms with van der Waals surface area (Å²) in [5.41, 5.74) is 2.53. The lowest BCUT2D eigenvalue weighted by molar-refractivity contribution is -0.142. The van der Waals surface area contributed by atoms with Crippen molar-refractivity contribution in [1.82, 2.24) is 0 Å². The molecule has 0 fully saturated rings. The number of hydrogen-bond donors (Lipinski definition) is 0. The SMILES string of the molecule is CCOC(CCOc1ccc(C)c(C)c1)OCC. The van der Waals surface area contributed by atoms with Gasteiger partial charge in [-0.05, 0) is 51.0 Å². The smallest absolute Gasteiger partial charge is 0.160 e. The summed E-state index contributed by atoms with van der Waals surface area (Å²) in [5.74, 6) is 0.907. The van der Waals surface area contributed by atoms with E-state index >= 15 is 0 Å². The molecule has 0 unspecified atom stereocenters. The molecule has 1 aromatic carbocycles. The Bertz CT molecular complexity index is 344. The van der Waals surface area contributed by atoms with Gasteiger partial charge in [-0.2, -0.15) is 0 Å². The van der Waals surface area contributed by atoms with Gasteiger partial charge in [-0.25, -0.2) is 0 Å². The highest BCUT2D eigenvalue weighted by Gasteiger charge is 2.08. The summed E-state index contributed by atoms with van der Waals surface area (Å²) in [6.45, 7) is 10.0. The number of aryl methyl sites for hydroxylation is 2. The summed E-state index contributed by atoms with van der Waals surface area (Å²) >= 11 is 0. The first-order chi connectivity index (χ1) is 8.67. The number of rotatable bonds is 8. The van der Waals surface area contributed by atoms with Crippen LogP contribution in [0.2, 0.25) is 0 Å². The largest absolute Gasteiger partial charge is 0.493 e. The molecule has 1 aromatic rings. The fourth-order valence-electron chi connectivity index (χ4n) is 1.66. The van der Waals surface area contributed by atoms with Crippen LogP contribution in [-0.4, -0.2) is 26.1 Å². The standard InChI is InChI=1S/C15H24O3/c1-5-16-15(17-6-2)9-10-18-14-8-7-12(3)13(4)11-14/h7-8,11,15H,5-6,9-10H2,1-4H3. The first-order valence-corrected chi connectivity index (χ1v) is 6.60. The molecule has 0 saturated carbocycles. The zero-order chi connectivity index (χ0) is 13.4. The van der Waals surface area contributed by atoms with Crippen molar-refractivity contribution in [2.45, 2.75) is 40.4 Å². The molecule has 0 aliphatic carbocycles. The van der Waals surface area contributed by atoms with Gasteiger partial charge in [-0.1, -0.05) is 6.07 Å². The Morgan fingerprint density at radius 1 is 1.00 bits per heavy atom. The van der Waals surface area contributed by atoms with Crippen LogP contribution in [0.5, 0.6) is 5.75 Å². The number of ether oxygens (including phenoxy) is 3. The van der Waals surface area contributed by atoms with Crippen LogP contribution in [0.4, 0.5) is 0 Å². The second kappa shape index (κ2) is 8.11. The van der Waals surface area contributed by atoms with E-state index in [-0.39, 0.29) is 6.29 Å². The third kappa shape index (κ3) is 5.07. The highest BCUT2D eigenvalue weighted by atomic mass is 16.7. The lowest BCUT2D eigenvalue weighted by Crippen LogP contribution is -2.20. The van der Waals surface area contributed by atoms with Gasteiger partial charge in [-0.15, -0.1) is 0 Å². The van der Waals surface area contributed by atoms with E-state index in [1.54, 1.807) is 0 Å². The molecule has 18 heavy (non-hydrogen) atoms. The Labute approximate surface area is 110 Å². The molecule has 0 radical (unpaired) electrons. The zero-order valence-corrected chi connectivity index (χ0v) is 11.9. The molecule has 0 spiro atoms. The molecular formula is C15H24O3. The van der Waals surface area contributed by atoms with E-state index < -0.39 is 0 Å². The summed E-state index contributed by atoms with van der Waals surface area (Å²) in [7, 11) is 0. The van der Waals surface area contributed by atoms with Crippen LogP contribution in [0.3, 0.4) is 0 Å². The van der Waals surface area contributed by atoms with Gasteiger partial charge in [0.05, 0.1) is 6.61 Å². The van der Waals surface area contributed by atoms with Gasteiger partial charge in [0, 0.05) is 19.6 Å². The maximum Gasteiger partial charge on any atom is 0.160 e. The van der Waals surface area contributed by atoms with Crippen molar-refractivity contribution in [2.24, 2.45) is 0 Å². The molecule has 0 atom stereocenters. The van der Waals surface area contributed by atoms with Crippen LogP contribution < -0.4 is 4.74 Å². The average Bonchev–Trinajstić information content (AvgIpc) is 2.34. The van der Waals surface area contributed by atoms with Crippen molar-refractivity contribution in [3.05, 3.63) is 29.3 Å². The molecule has 3 nitrogen and oxygen atoms in total. The van der Waals surface area contributed by atoms with Gasteiger partial charge in [0.1, 0.15) is 5.75 Å². The average molecular weight is 252 g/mol. The molecule has 0 aromatic heterocycles. The zero-order valence-electron chi connectivity index (χ0n) is 11.9. The van der Waals surface area contributed by atoms with Crippen molar-refractivity contribution in [2.75, 3.05) is 19.8 Å². The van der Waals surface area contributed by atoms with Crippen molar-refractivity contribution in [3.8, 4) is 5.75 Å². The van der Waals surface area contributed by atoms with Crippen molar-refractivity contribution >= 4 is 0 Å². The summed E-state index contributed by atoms with van der Waals surface area (Å²) in [6.07, 6.45) is 0.584. The van der Waals surface area contributed by atoms with Gasteiger partial charge in [-0.3, -0.25) is 0 Å². The lowest BCUT2D eigenvalue weighted by atomic mass is 10.1. The summed E-state index contributed by atoms with van der Waals surface area (Å²) in [6, 6.07) is 6.14. The Morgan fingerprint density at radius 2 is 1.67 bits per heavy atom. The summed E-state index contributed by atoms with van der Waals surface area (Å²) in [5, 5.41) is 0. The van der Waals surface area contributed by atoms with Crippen LogP contribution in [0.15, 0.2) is 18.2 Å². The van der Waals surface area contributed by atoms with Gasteiger partial charge in [0.2, 0.25) is 0 Å². The predicted molar refractivity (Wildman–Crippen MR) is 73.1 cm³/mol. The van der Waals surface area contributed by atoms with E-state index in [1.807, 2.05) is 19.9 Å². The minimum Gasteiger partial charge on any atom is -0.493 e. The third-order valence-corrected chi connectivity index (χ3v) is 2.81. The number of benzene rings is 1. The molecule has 0 aliphatic heterocycles. The first kappa shape index (κ1) is 15.0. The monoisotopic (exact) mass is 252 g/mol. The van der Waals surface area contributed by atoms with Crippen LogP contribution in [0, 0.1) is 13.8 Å². The van der Waals surface area contributed by atoms with Gasteiger partial charge < -0.3 is 14.2 Å². The third-order valence-electron chi connectivity index (χ3n) is 2.81. The molecule has 0 saturated heterocycles. The Balaban J connectivity index is 2.37. The molecule has 0 amide bonds. The van der Waals surface area contributed by atoms with Crippen molar-refractivity contribution in [1.29, 1.82) is 0 Å². The van der Waals surface area contributed by atoms with E-state index in [0.29, 0.717) is 19.8 Å². The lowest BCUT2D eigenvalue weighted by Gasteiger charge is -2.17. The van der Waals surface area contributed by atoms with Crippen LogP contribution in [0.25, 0.3) is 0 Å². The van der Waals surface area contributed by atoms with Gasteiger partial charge >= 0.3 is 0 Å². The fraction of sp³-hybridized carbons (Fsp3) is 0.600. The number of hydrogen-bond acceptors (Lipinski definition) is 3. The molecular weight excluding hydrogens is 228 g/mol. The fourth-order valence-corrected chi connectivity index (χ4v) is 1.66. The minimum absolute atomic E-state index is 0.161.